The predicted molar refractivity (Wildman–Crippen MR) is 174 cm³/mol. The number of para-hydroxylation sites is 2. The highest BCUT2D eigenvalue weighted by molar-refractivity contribution is 6.23. The van der Waals surface area contributed by atoms with Gasteiger partial charge in [-0.15, -0.1) is 0 Å². The van der Waals surface area contributed by atoms with E-state index in [2.05, 4.69) is 141 Å². The summed E-state index contributed by atoms with van der Waals surface area (Å²) in [7, 11) is 0. The van der Waals surface area contributed by atoms with E-state index in [1.165, 1.54) is 71.7 Å². The molecule has 0 saturated carbocycles. The smallest absolute Gasteiger partial charge is 0.249 e. The fourth-order valence-electron chi connectivity index (χ4n) is 8.38. The lowest BCUT2D eigenvalue weighted by Crippen LogP contribution is -2.53. The molecule has 3 nitrogen and oxygen atoms in total. The molecule has 0 saturated heterocycles. The quantitative estimate of drug-likeness (QED) is 0.168. The van der Waals surface area contributed by atoms with E-state index < -0.39 is 0 Å². The van der Waals surface area contributed by atoms with Gasteiger partial charge in [0.05, 0.1) is 28.0 Å². The van der Waals surface area contributed by atoms with Crippen LogP contribution in [-0.4, -0.2) is 4.40 Å². The molecule has 0 spiro atoms. The summed E-state index contributed by atoms with van der Waals surface area (Å²) in [5, 5.41) is 5.28. The Morgan fingerprint density at radius 2 is 1.37 bits per heavy atom. The first kappa shape index (κ1) is 23.3. The molecule has 202 valence electrons. The maximum absolute atomic E-state index is 4.83. The third kappa shape index (κ3) is 2.99. The van der Waals surface area contributed by atoms with Crippen LogP contribution in [0.15, 0.2) is 134 Å². The monoisotopic (exact) mass is 551 g/mol. The van der Waals surface area contributed by atoms with Crippen LogP contribution in [0.2, 0.25) is 0 Å². The van der Waals surface area contributed by atoms with E-state index in [0.717, 1.165) is 18.5 Å². The Bertz CT molecular complexity index is 2450. The standard InChI is InChI=1S/C40H29N3/c1-25-39-32(27-11-2-3-12-28(27)35-16-7-9-22-42(35)39)20-19-26-23-38-34(24-33(26)36-17-6-8-21-41(25)36)31-15-10-14-30-29-13-4-5-18-37(29)43(38)40(30)31/h2-18,21-24,32,39H,1,19-20H2/q+2. The van der Waals surface area contributed by atoms with E-state index >= 15 is 0 Å². The van der Waals surface area contributed by atoms with Gasteiger partial charge in [0.2, 0.25) is 23.1 Å². The zero-order valence-electron chi connectivity index (χ0n) is 23.7. The molecule has 2 unspecified atom stereocenters. The minimum atomic E-state index is 0.118. The van der Waals surface area contributed by atoms with Crippen molar-refractivity contribution in [2.75, 3.05) is 0 Å². The van der Waals surface area contributed by atoms with Gasteiger partial charge in [-0.2, -0.15) is 9.13 Å². The predicted octanol–water partition coefficient (Wildman–Crippen LogP) is 8.50. The summed E-state index contributed by atoms with van der Waals surface area (Å²) in [4.78, 5) is 0. The van der Waals surface area contributed by atoms with Crippen molar-refractivity contribution >= 4 is 43.8 Å². The number of allylic oxidation sites excluding steroid dienone is 1. The highest BCUT2D eigenvalue weighted by atomic mass is 15.1. The van der Waals surface area contributed by atoms with E-state index in [4.69, 9.17) is 6.58 Å². The largest absolute Gasteiger partial charge is 0.308 e. The lowest BCUT2D eigenvalue weighted by Gasteiger charge is -2.29. The van der Waals surface area contributed by atoms with E-state index in [1.54, 1.807) is 0 Å². The highest BCUT2D eigenvalue weighted by Crippen LogP contribution is 2.46. The van der Waals surface area contributed by atoms with Crippen LogP contribution in [-0.2, 0) is 6.42 Å². The van der Waals surface area contributed by atoms with Crippen LogP contribution < -0.4 is 9.13 Å². The molecule has 4 aromatic carbocycles. The van der Waals surface area contributed by atoms with Gasteiger partial charge in [0.15, 0.2) is 12.4 Å². The zero-order chi connectivity index (χ0) is 28.2. The summed E-state index contributed by atoms with van der Waals surface area (Å²) >= 11 is 0. The Morgan fingerprint density at radius 1 is 0.628 bits per heavy atom. The molecule has 0 amide bonds. The molecule has 2 aliphatic rings. The van der Waals surface area contributed by atoms with Gasteiger partial charge < -0.3 is 4.40 Å². The van der Waals surface area contributed by atoms with Gasteiger partial charge in [-0.25, -0.2) is 0 Å². The Morgan fingerprint density at radius 3 is 2.30 bits per heavy atom. The number of hydrogen-bond acceptors (Lipinski definition) is 0. The zero-order valence-corrected chi connectivity index (χ0v) is 23.7. The molecule has 0 radical (unpaired) electrons. The minimum absolute atomic E-state index is 0.118. The first-order valence-corrected chi connectivity index (χ1v) is 15.3. The van der Waals surface area contributed by atoms with E-state index in [9.17, 15) is 0 Å². The molecule has 6 heterocycles. The van der Waals surface area contributed by atoms with Gasteiger partial charge in [0.25, 0.3) is 0 Å². The molecule has 0 N–H and O–H groups in total. The summed E-state index contributed by atoms with van der Waals surface area (Å²) in [6.45, 7) is 4.83. The van der Waals surface area contributed by atoms with Crippen molar-refractivity contribution in [1.29, 1.82) is 0 Å². The first-order valence-electron chi connectivity index (χ1n) is 15.3. The van der Waals surface area contributed by atoms with Crippen molar-refractivity contribution in [3.05, 3.63) is 145 Å². The molecule has 2 aliphatic heterocycles. The Labute approximate surface area is 249 Å². The maximum Gasteiger partial charge on any atom is 0.249 e. The van der Waals surface area contributed by atoms with E-state index in [-0.39, 0.29) is 6.04 Å². The summed E-state index contributed by atoms with van der Waals surface area (Å²) < 4.78 is 7.33. The lowest BCUT2D eigenvalue weighted by atomic mass is 9.78. The number of nitrogens with zero attached hydrogens (tertiary/aromatic N) is 3. The maximum atomic E-state index is 4.83. The van der Waals surface area contributed by atoms with Gasteiger partial charge in [-0.1, -0.05) is 54.6 Å². The molecule has 43 heavy (non-hydrogen) atoms. The van der Waals surface area contributed by atoms with Crippen molar-refractivity contribution in [2.24, 2.45) is 0 Å². The van der Waals surface area contributed by atoms with Crippen molar-refractivity contribution in [3.63, 3.8) is 0 Å². The molecular formula is C40H29N3+2. The number of fused-ring (bicyclic) bond motifs is 15. The van der Waals surface area contributed by atoms with Crippen molar-refractivity contribution in [3.8, 4) is 22.5 Å². The molecule has 2 atom stereocenters. The average molecular weight is 552 g/mol. The third-order valence-electron chi connectivity index (χ3n) is 10.2. The molecule has 4 aromatic heterocycles. The fourth-order valence-corrected chi connectivity index (χ4v) is 8.38. The topological polar surface area (TPSA) is 12.2 Å². The van der Waals surface area contributed by atoms with Crippen LogP contribution in [0, 0.1) is 0 Å². The van der Waals surface area contributed by atoms with Crippen LogP contribution >= 0.6 is 0 Å². The number of rotatable bonds is 0. The van der Waals surface area contributed by atoms with Crippen LogP contribution in [0.3, 0.4) is 0 Å². The summed E-state index contributed by atoms with van der Waals surface area (Å²) in [6, 6.07) is 42.8. The second kappa shape index (κ2) is 8.39. The number of hydrogen-bond donors (Lipinski definition) is 0. The highest BCUT2D eigenvalue weighted by Gasteiger charge is 2.46. The number of pyridine rings is 2. The SMILES string of the molecule is C=C1C2C(CCc3cc4c(cc3-c3cccc[n+]31)c1cccc3c5ccccc5n4c31)c1ccccc1-c1cccc[n+]12. The molecule has 8 aromatic rings. The lowest BCUT2D eigenvalue weighted by molar-refractivity contribution is -0.727. The third-order valence-corrected chi connectivity index (χ3v) is 10.2. The van der Waals surface area contributed by atoms with Crippen molar-refractivity contribution < 1.29 is 9.13 Å². The molecule has 0 aliphatic carbocycles. The molecule has 3 heteroatoms. The number of aromatic nitrogens is 3. The Kier molecular flexibility index (Phi) is 4.55. The van der Waals surface area contributed by atoms with Gasteiger partial charge in [0.1, 0.15) is 0 Å². The van der Waals surface area contributed by atoms with E-state index in [0.29, 0.717) is 5.92 Å². The summed E-state index contributed by atoms with van der Waals surface area (Å²) in [6.07, 6.45) is 6.48. The molecule has 0 bridgehead atoms. The normalized spacial score (nSPS) is 17.6. The second-order valence-corrected chi connectivity index (χ2v) is 12.2. The van der Waals surface area contributed by atoms with Gasteiger partial charge in [-0.05, 0) is 66.9 Å². The van der Waals surface area contributed by atoms with Crippen molar-refractivity contribution in [2.45, 2.75) is 24.8 Å². The van der Waals surface area contributed by atoms with Gasteiger partial charge in [-0.3, -0.25) is 0 Å². The van der Waals surface area contributed by atoms with Gasteiger partial charge >= 0.3 is 0 Å². The van der Waals surface area contributed by atoms with Crippen LogP contribution in [0.4, 0.5) is 0 Å². The van der Waals surface area contributed by atoms with Crippen molar-refractivity contribution in [1.82, 2.24) is 4.40 Å². The Hall–Kier alpha value is -5.28. The first-order chi connectivity index (χ1) is 21.3. The number of aryl methyl sites for hydroxylation is 1. The Balaban J connectivity index is 1.28. The molecule has 10 rings (SSSR count). The summed E-state index contributed by atoms with van der Waals surface area (Å²) in [5.41, 5.74) is 12.9. The second-order valence-electron chi connectivity index (χ2n) is 12.2. The molecule has 0 fully saturated rings. The number of benzene rings is 4. The van der Waals surface area contributed by atoms with E-state index in [1.807, 2.05) is 0 Å². The van der Waals surface area contributed by atoms with Crippen LogP contribution in [0.25, 0.3) is 66.3 Å². The summed E-state index contributed by atoms with van der Waals surface area (Å²) in [5.74, 6) is 0.305. The average Bonchev–Trinajstić information content (AvgIpc) is 3.59. The van der Waals surface area contributed by atoms with Crippen LogP contribution in [0.1, 0.15) is 29.5 Å². The molecular weight excluding hydrogens is 522 g/mol. The van der Waals surface area contributed by atoms with Crippen LogP contribution in [0.5, 0.6) is 0 Å². The van der Waals surface area contributed by atoms with Gasteiger partial charge in [0, 0.05) is 51.4 Å². The minimum Gasteiger partial charge on any atom is -0.308 e. The fraction of sp³-hybridized carbons (Fsp3) is 0.100.